The number of halogens is 1. The number of hydrogen-bond donors (Lipinski definition) is 2. The number of amides is 1. The van der Waals surface area contributed by atoms with Crippen LogP contribution >= 0.6 is 0 Å². The monoisotopic (exact) mass is 367 g/mol. The van der Waals surface area contributed by atoms with Gasteiger partial charge in [0.15, 0.2) is 0 Å². The molecule has 1 aliphatic carbocycles. The molecule has 1 aromatic carbocycles. The molecule has 2 aromatic rings. The number of nitrogens with one attached hydrogen (secondary N) is 1. The molecule has 0 saturated carbocycles. The van der Waals surface area contributed by atoms with Crippen molar-refractivity contribution in [2.45, 2.75) is 32.1 Å². The van der Waals surface area contributed by atoms with Gasteiger partial charge >= 0.3 is 0 Å². The van der Waals surface area contributed by atoms with E-state index in [9.17, 15) is 14.4 Å². The molecule has 0 bridgehead atoms. The molecule has 27 heavy (non-hydrogen) atoms. The van der Waals surface area contributed by atoms with Crippen LogP contribution in [0.4, 0.5) is 10.2 Å². The van der Waals surface area contributed by atoms with Crippen molar-refractivity contribution in [3.8, 4) is 11.8 Å². The van der Waals surface area contributed by atoms with Gasteiger partial charge in [-0.2, -0.15) is 10.4 Å². The highest BCUT2D eigenvalue weighted by atomic mass is 19.1. The fourth-order valence-electron chi connectivity index (χ4n) is 3.21. The second-order valence-electron chi connectivity index (χ2n) is 6.63. The van der Waals surface area contributed by atoms with E-state index in [4.69, 9.17) is 5.73 Å². The number of hydrogen-bond acceptors (Lipinski definition) is 4. The number of nitrogen functional groups attached to an aromatic ring is 1. The molecule has 1 unspecified atom stereocenters. The maximum atomic E-state index is 13.1. The number of nitriles is 1. The Morgan fingerprint density at radius 1 is 1.41 bits per heavy atom. The van der Waals surface area contributed by atoms with Gasteiger partial charge in [-0.25, -0.2) is 9.07 Å². The zero-order chi connectivity index (χ0) is 19.2. The summed E-state index contributed by atoms with van der Waals surface area (Å²) in [6.45, 7) is 0.517. The van der Waals surface area contributed by atoms with Crippen LogP contribution in [-0.4, -0.2) is 22.2 Å². The Kier molecular flexibility index (Phi) is 5.87. The van der Waals surface area contributed by atoms with E-state index in [0.717, 1.165) is 12.8 Å². The fraction of sp³-hybridized carbons (Fsp3) is 0.350. The number of aryl methyl sites for hydroxylation is 1. The molecule has 7 heteroatoms. The van der Waals surface area contributed by atoms with Gasteiger partial charge in [0, 0.05) is 13.0 Å². The van der Waals surface area contributed by atoms with Gasteiger partial charge in [-0.1, -0.05) is 12.2 Å². The third-order valence-corrected chi connectivity index (χ3v) is 4.65. The van der Waals surface area contributed by atoms with E-state index in [2.05, 4.69) is 28.6 Å². The van der Waals surface area contributed by atoms with Gasteiger partial charge in [0.2, 0.25) is 5.91 Å². The minimum absolute atomic E-state index is 0.0448. The summed E-state index contributed by atoms with van der Waals surface area (Å²) in [5, 5.41) is 16.7. The summed E-state index contributed by atoms with van der Waals surface area (Å²) in [6.07, 6.45) is 8.00. The Morgan fingerprint density at radius 3 is 2.85 bits per heavy atom. The minimum atomic E-state index is -0.353. The summed E-state index contributed by atoms with van der Waals surface area (Å²) >= 11 is 0. The van der Waals surface area contributed by atoms with Gasteiger partial charge in [-0.05, 0) is 55.9 Å². The van der Waals surface area contributed by atoms with Gasteiger partial charge in [0.05, 0.1) is 11.4 Å². The lowest BCUT2D eigenvalue weighted by atomic mass is 10.1. The molecule has 3 rings (SSSR count). The highest BCUT2D eigenvalue weighted by Gasteiger charge is 2.17. The standard InChI is InChI=1S/C20H22FN5O/c21-15-7-9-16(10-8-15)26-20(23)17(13-22)18(25-26)6-3-11-24-19(27)12-14-4-1-2-5-14/h1,4,7-10,14H,2-3,5-6,11-12,23H2,(H,24,27). The van der Waals surface area contributed by atoms with Crippen LogP contribution in [0.3, 0.4) is 0 Å². The second-order valence-corrected chi connectivity index (χ2v) is 6.63. The molecule has 0 aliphatic heterocycles. The Morgan fingerprint density at radius 2 is 2.19 bits per heavy atom. The molecule has 0 spiro atoms. The number of nitrogens with zero attached hydrogens (tertiary/aromatic N) is 3. The van der Waals surface area contributed by atoms with Crippen molar-refractivity contribution in [2.75, 3.05) is 12.3 Å². The zero-order valence-electron chi connectivity index (χ0n) is 15.0. The van der Waals surface area contributed by atoms with E-state index in [0.29, 0.717) is 48.7 Å². The van der Waals surface area contributed by atoms with Crippen LogP contribution in [0.15, 0.2) is 36.4 Å². The molecule has 0 fully saturated rings. The molecule has 1 aromatic heterocycles. The first-order chi connectivity index (χ1) is 13.1. The SMILES string of the molecule is N#Cc1c(CCCNC(=O)CC2C=CCC2)nn(-c2ccc(F)cc2)c1N. The maximum absolute atomic E-state index is 13.1. The highest BCUT2D eigenvalue weighted by molar-refractivity contribution is 5.76. The van der Waals surface area contributed by atoms with Crippen LogP contribution < -0.4 is 11.1 Å². The summed E-state index contributed by atoms with van der Waals surface area (Å²) in [5.74, 6) is 0.273. The predicted octanol–water partition coefficient (Wildman–Crippen LogP) is 2.87. The van der Waals surface area contributed by atoms with Crippen LogP contribution in [0.1, 0.15) is 36.9 Å². The van der Waals surface area contributed by atoms with Crippen LogP contribution in [0, 0.1) is 23.1 Å². The number of carbonyl (C=O) groups excluding carboxylic acids is 1. The van der Waals surface area contributed by atoms with Crippen molar-refractivity contribution in [2.24, 2.45) is 5.92 Å². The third-order valence-electron chi connectivity index (χ3n) is 4.65. The Hall–Kier alpha value is -3.14. The van der Waals surface area contributed by atoms with Crippen LogP contribution in [0.5, 0.6) is 0 Å². The first-order valence-corrected chi connectivity index (χ1v) is 9.05. The maximum Gasteiger partial charge on any atom is 0.220 e. The van der Waals surface area contributed by atoms with E-state index in [1.165, 1.54) is 16.8 Å². The molecule has 1 aliphatic rings. The highest BCUT2D eigenvalue weighted by Crippen LogP contribution is 2.22. The lowest BCUT2D eigenvalue weighted by Crippen LogP contribution is -2.26. The van der Waals surface area contributed by atoms with Crippen molar-refractivity contribution in [1.82, 2.24) is 15.1 Å². The summed E-state index contributed by atoms with van der Waals surface area (Å²) in [6, 6.07) is 7.83. The van der Waals surface area contributed by atoms with Crippen molar-refractivity contribution in [3.05, 3.63) is 53.5 Å². The normalized spacial score (nSPS) is 15.6. The second kappa shape index (κ2) is 8.49. The van der Waals surface area contributed by atoms with E-state index in [-0.39, 0.29) is 17.5 Å². The van der Waals surface area contributed by atoms with Gasteiger partial charge in [0.25, 0.3) is 0 Å². The van der Waals surface area contributed by atoms with Crippen molar-refractivity contribution in [1.29, 1.82) is 5.26 Å². The number of nitrogens with two attached hydrogens (primary N) is 1. The molecular weight excluding hydrogens is 345 g/mol. The summed E-state index contributed by atoms with van der Waals surface area (Å²) in [4.78, 5) is 11.9. The summed E-state index contributed by atoms with van der Waals surface area (Å²) < 4.78 is 14.5. The molecule has 1 atom stereocenters. The summed E-state index contributed by atoms with van der Waals surface area (Å²) in [7, 11) is 0. The van der Waals surface area contributed by atoms with Crippen molar-refractivity contribution >= 4 is 11.7 Å². The van der Waals surface area contributed by atoms with Crippen LogP contribution in [-0.2, 0) is 11.2 Å². The van der Waals surface area contributed by atoms with E-state index >= 15 is 0 Å². The molecule has 0 saturated heterocycles. The van der Waals surface area contributed by atoms with Crippen LogP contribution in [0.2, 0.25) is 0 Å². The molecule has 1 heterocycles. The lowest BCUT2D eigenvalue weighted by Gasteiger charge is -2.08. The fourth-order valence-corrected chi connectivity index (χ4v) is 3.21. The van der Waals surface area contributed by atoms with Crippen molar-refractivity contribution < 1.29 is 9.18 Å². The van der Waals surface area contributed by atoms with Gasteiger partial charge in [-0.15, -0.1) is 0 Å². The number of benzene rings is 1. The van der Waals surface area contributed by atoms with Crippen molar-refractivity contribution in [3.63, 3.8) is 0 Å². The lowest BCUT2D eigenvalue weighted by molar-refractivity contribution is -0.121. The summed E-state index contributed by atoms with van der Waals surface area (Å²) in [5.41, 5.74) is 7.53. The number of allylic oxidation sites excluding steroid dienone is 2. The smallest absolute Gasteiger partial charge is 0.220 e. The first-order valence-electron chi connectivity index (χ1n) is 9.05. The topological polar surface area (TPSA) is 96.7 Å². The third kappa shape index (κ3) is 4.53. The van der Waals surface area contributed by atoms with E-state index in [1.807, 2.05) is 0 Å². The molecule has 1 amide bonds. The first kappa shape index (κ1) is 18.6. The quantitative estimate of drug-likeness (QED) is 0.581. The number of aromatic nitrogens is 2. The minimum Gasteiger partial charge on any atom is -0.382 e. The average Bonchev–Trinajstić information content (AvgIpc) is 3.27. The average molecular weight is 367 g/mol. The number of rotatable bonds is 7. The van der Waals surface area contributed by atoms with E-state index in [1.54, 1.807) is 12.1 Å². The molecule has 140 valence electrons. The zero-order valence-corrected chi connectivity index (χ0v) is 15.0. The largest absolute Gasteiger partial charge is 0.382 e. The number of carbonyl (C=O) groups is 1. The molecule has 3 N–H and O–H groups in total. The Balaban J connectivity index is 1.57. The van der Waals surface area contributed by atoms with Gasteiger partial charge in [0.1, 0.15) is 23.3 Å². The van der Waals surface area contributed by atoms with Gasteiger partial charge < -0.3 is 11.1 Å². The van der Waals surface area contributed by atoms with Gasteiger partial charge in [-0.3, -0.25) is 4.79 Å². The van der Waals surface area contributed by atoms with Crippen LogP contribution in [0.25, 0.3) is 5.69 Å². The van der Waals surface area contributed by atoms with E-state index < -0.39 is 0 Å². The molecule has 0 radical (unpaired) electrons. The molecular formula is C20H22FN5O. The Labute approximate surface area is 157 Å². The number of anilines is 1. The molecule has 6 nitrogen and oxygen atoms in total. The Bertz CT molecular complexity index is 879. The predicted molar refractivity (Wildman–Crippen MR) is 100 cm³/mol.